The van der Waals surface area contributed by atoms with Crippen LogP contribution in [0.4, 0.5) is 0 Å². The molecule has 2 heterocycles. The third kappa shape index (κ3) is 4.00. The van der Waals surface area contributed by atoms with Gasteiger partial charge in [-0.05, 0) is 36.8 Å². The molecule has 0 radical (unpaired) electrons. The zero-order valence-corrected chi connectivity index (χ0v) is 16.0. The fraction of sp³-hybridized carbons (Fsp3) is 0.333. The van der Waals surface area contributed by atoms with Crippen LogP contribution in [0.3, 0.4) is 0 Å². The topological polar surface area (TPSA) is 128 Å². The van der Waals surface area contributed by atoms with Crippen molar-refractivity contribution in [2.45, 2.75) is 28.0 Å². The smallest absolute Gasteiger partial charge is 0.241 e. The third-order valence-corrected chi connectivity index (χ3v) is 9.66. The van der Waals surface area contributed by atoms with Gasteiger partial charge in [0.2, 0.25) is 10.0 Å². The molecule has 142 valence electrons. The minimum Gasteiger partial charge on any atom is -0.468 e. The zero-order valence-electron chi connectivity index (χ0n) is 13.5. The van der Waals surface area contributed by atoms with E-state index in [4.69, 9.17) is 4.42 Å². The normalized spacial score (nSPS) is 20.2. The Morgan fingerprint density at radius 2 is 1.81 bits per heavy atom. The first-order valence-electron chi connectivity index (χ1n) is 7.67. The summed E-state index contributed by atoms with van der Waals surface area (Å²) >= 11 is 0. The molecule has 0 saturated carbocycles. The van der Waals surface area contributed by atoms with Crippen LogP contribution in [0.5, 0.6) is 0 Å². The molecular weight excluding hydrogens is 402 g/mol. The number of sulfone groups is 2. The second-order valence-electron chi connectivity index (χ2n) is 5.95. The van der Waals surface area contributed by atoms with Crippen molar-refractivity contribution in [3.05, 3.63) is 48.4 Å². The summed E-state index contributed by atoms with van der Waals surface area (Å²) < 4.78 is 80.6. The predicted molar refractivity (Wildman–Crippen MR) is 93.4 cm³/mol. The van der Waals surface area contributed by atoms with Crippen molar-refractivity contribution in [1.82, 2.24) is 4.72 Å². The minimum atomic E-state index is -3.96. The van der Waals surface area contributed by atoms with Crippen molar-refractivity contribution in [2.24, 2.45) is 0 Å². The molecule has 1 atom stereocenters. The summed E-state index contributed by atoms with van der Waals surface area (Å²) in [5.74, 6) is -0.212. The maximum atomic E-state index is 12.7. The number of nitrogens with one attached hydrogen (secondary N) is 1. The highest BCUT2D eigenvalue weighted by Gasteiger charge is 2.38. The Labute approximate surface area is 152 Å². The molecule has 2 aromatic rings. The predicted octanol–water partition coefficient (Wildman–Crippen LogP) is 0.719. The minimum absolute atomic E-state index is 0.0123. The van der Waals surface area contributed by atoms with Gasteiger partial charge in [0.1, 0.15) is 5.76 Å². The molecule has 1 aromatic carbocycles. The Balaban J connectivity index is 1.85. The molecule has 11 heteroatoms. The standard InChI is InChI=1S/C15H17NO7S3/c17-24(18)8-6-15(11-24)25(19,20)13-4-1-5-14(9-13)26(21,22)16-10-12-3-2-7-23-12/h1-5,7,9,15-16H,6,8,10-11H2. The highest BCUT2D eigenvalue weighted by atomic mass is 32.2. The number of sulfonamides is 1. The summed E-state index contributed by atoms with van der Waals surface area (Å²) in [6, 6.07) is 8.12. The van der Waals surface area contributed by atoms with Crippen LogP contribution >= 0.6 is 0 Å². The summed E-state index contributed by atoms with van der Waals surface area (Å²) in [6.07, 6.45) is 1.42. The van der Waals surface area contributed by atoms with Gasteiger partial charge < -0.3 is 4.42 Å². The monoisotopic (exact) mass is 419 g/mol. The molecule has 1 aromatic heterocycles. The van der Waals surface area contributed by atoms with E-state index in [2.05, 4.69) is 4.72 Å². The van der Waals surface area contributed by atoms with Gasteiger partial charge in [-0.25, -0.2) is 30.0 Å². The maximum Gasteiger partial charge on any atom is 0.241 e. The van der Waals surface area contributed by atoms with Crippen molar-refractivity contribution in [3.8, 4) is 0 Å². The van der Waals surface area contributed by atoms with Gasteiger partial charge in [-0.2, -0.15) is 0 Å². The van der Waals surface area contributed by atoms with E-state index in [0.29, 0.717) is 5.76 Å². The van der Waals surface area contributed by atoms with Crippen molar-refractivity contribution in [3.63, 3.8) is 0 Å². The number of benzene rings is 1. The lowest BCUT2D eigenvalue weighted by Gasteiger charge is -2.12. The third-order valence-electron chi connectivity index (χ3n) is 4.09. The van der Waals surface area contributed by atoms with E-state index >= 15 is 0 Å². The van der Waals surface area contributed by atoms with Gasteiger partial charge in [0.15, 0.2) is 19.7 Å². The molecule has 0 spiro atoms. The van der Waals surface area contributed by atoms with Gasteiger partial charge in [-0.1, -0.05) is 6.07 Å². The maximum absolute atomic E-state index is 12.7. The Morgan fingerprint density at radius 1 is 1.08 bits per heavy atom. The highest BCUT2D eigenvalue weighted by Crippen LogP contribution is 2.26. The lowest BCUT2D eigenvalue weighted by atomic mass is 10.4. The summed E-state index contributed by atoms with van der Waals surface area (Å²) in [4.78, 5) is -0.425. The van der Waals surface area contributed by atoms with Crippen LogP contribution in [0.1, 0.15) is 12.2 Å². The molecule has 1 aliphatic heterocycles. The van der Waals surface area contributed by atoms with E-state index < -0.39 is 40.7 Å². The molecular formula is C15H17NO7S3. The van der Waals surface area contributed by atoms with Crippen molar-refractivity contribution in [1.29, 1.82) is 0 Å². The Hall–Kier alpha value is -1.69. The van der Waals surface area contributed by atoms with Crippen LogP contribution in [0.15, 0.2) is 56.9 Å². The second kappa shape index (κ2) is 6.80. The van der Waals surface area contributed by atoms with Gasteiger partial charge >= 0.3 is 0 Å². The van der Waals surface area contributed by atoms with E-state index in [1.165, 1.54) is 24.5 Å². The second-order valence-corrected chi connectivity index (χ2v) is 12.2. The van der Waals surface area contributed by atoms with Crippen molar-refractivity contribution < 1.29 is 29.7 Å². The van der Waals surface area contributed by atoms with E-state index in [-0.39, 0.29) is 28.5 Å². The fourth-order valence-corrected chi connectivity index (χ4v) is 8.20. The summed E-state index contributed by atoms with van der Waals surface area (Å²) in [7, 11) is -11.3. The van der Waals surface area contributed by atoms with Gasteiger partial charge in [-0.3, -0.25) is 0 Å². The average Bonchev–Trinajstić information content (AvgIpc) is 3.22. The molecule has 3 rings (SSSR count). The first kappa shape index (κ1) is 19.1. The molecule has 1 aliphatic rings. The fourth-order valence-electron chi connectivity index (χ4n) is 2.68. The SMILES string of the molecule is O=S1(=O)CCC(S(=O)(=O)c2cccc(S(=O)(=O)NCc3ccco3)c2)C1. The molecule has 0 bridgehead atoms. The van der Waals surface area contributed by atoms with E-state index in [0.717, 1.165) is 6.07 Å². The molecule has 1 unspecified atom stereocenters. The average molecular weight is 420 g/mol. The van der Waals surface area contributed by atoms with Gasteiger partial charge in [0, 0.05) is 0 Å². The number of hydrogen-bond donors (Lipinski definition) is 1. The van der Waals surface area contributed by atoms with Crippen LogP contribution in [-0.4, -0.2) is 42.0 Å². The first-order valence-corrected chi connectivity index (χ1v) is 12.5. The molecule has 1 fully saturated rings. The van der Waals surface area contributed by atoms with Gasteiger partial charge in [0.05, 0.1) is 39.4 Å². The lowest BCUT2D eigenvalue weighted by Crippen LogP contribution is -2.25. The quantitative estimate of drug-likeness (QED) is 0.730. The van der Waals surface area contributed by atoms with Crippen molar-refractivity contribution in [2.75, 3.05) is 11.5 Å². The molecule has 8 nitrogen and oxygen atoms in total. The summed E-state index contributed by atoms with van der Waals surface area (Å²) in [6.45, 7) is -0.0762. The molecule has 1 N–H and O–H groups in total. The Bertz CT molecular complexity index is 1100. The molecule has 0 aliphatic carbocycles. The van der Waals surface area contributed by atoms with E-state index in [1.54, 1.807) is 12.1 Å². The largest absolute Gasteiger partial charge is 0.468 e. The lowest BCUT2D eigenvalue weighted by molar-refractivity contribution is 0.498. The van der Waals surface area contributed by atoms with Crippen LogP contribution in [-0.2, 0) is 36.2 Å². The van der Waals surface area contributed by atoms with Crippen molar-refractivity contribution >= 4 is 29.7 Å². The highest BCUT2D eigenvalue weighted by molar-refractivity contribution is 7.96. The summed E-state index contributed by atoms with van der Waals surface area (Å²) in [5, 5.41) is -1.05. The van der Waals surface area contributed by atoms with Crippen LogP contribution in [0.2, 0.25) is 0 Å². The first-order chi connectivity index (χ1) is 12.1. The Morgan fingerprint density at radius 3 is 2.42 bits per heavy atom. The number of furan rings is 1. The zero-order chi connectivity index (χ0) is 19.0. The molecule has 1 saturated heterocycles. The van der Waals surface area contributed by atoms with Gasteiger partial charge in [-0.15, -0.1) is 0 Å². The van der Waals surface area contributed by atoms with E-state index in [9.17, 15) is 25.3 Å². The van der Waals surface area contributed by atoms with Crippen LogP contribution < -0.4 is 4.72 Å². The van der Waals surface area contributed by atoms with Crippen LogP contribution in [0, 0.1) is 0 Å². The number of rotatable bonds is 6. The van der Waals surface area contributed by atoms with Crippen LogP contribution in [0.25, 0.3) is 0 Å². The van der Waals surface area contributed by atoms with E-state index in [1.807, 2.05) is 0 Å². The number of hydrogen-bond acceptors (Lipinski definition) is 7. The van der Waals surface area contributed by atoms with Gasteiger partial charge in [0.25, 0.3) is 0 Å². The molecule has 0 amide bonds. The Kier molecular flexibility index (Phi) is 4.99. The summed E-state index contributed by atoms with van der Waals surface area (Å²) in [5.41, 5.74) is 0. The molecule has 26 heavy (non-hydrogen) atoms.